The molecule has 0 radical (unpaired) electrons. The maximum Gasteiger partial charge on any atom is 0.410 e. The molecule has 2 heterocycles. The highest BCUT2D eigenvalue weighted by Crippen LogP contribution is 2.17. The number of carbonyl (C=O) groups excluding carboxylic acids is 1. The molecule has 7 heteroatoms. The molecular weight excluding hydrogens is 272 g/mol. The Morgan fingerprint density at radius 2 is 1.71 bits per heavy atom. The van der Waals surface area contributed by atoms with Crippen LogP contribution in [-0.2, 0) is 4.74 Å². The van der Waals surface area contributed by atoms with Gasteiger partial charge in [-0.1, -0.05) is 0 Å². The molecule has 1 aromatic rings. The summed E-state index contributed by atoms with van der Waals surface area (Å²) in [4.78, 5) is 24.0. The highest BCUT2D eigenvalue weighted by atomic mass is 16.6. The summed E-state index contributed by atoms with van der Waals surface area (Å²) in [5.74, 6) is 0. The molecule has 0 spiro atoms. The van der Waals surface area contributed by atoms with E-state index in [2.05, 4.69) is 14.9 Å². The number of anilines is 1. The van der Waals surface area contributed by atoms with Crippen LogP contribution < -0.4 is 9.64 Å². The lowest BCUT2D eigenvalue weighted by atomic mass is 10.2. The quantitative estimate of drug-likeness (QED) is 0.824. The average molecular weight is 294 g/mol. The van der Waals surface area contributed by atoms with Crippen LogP contribution in [0.25, 0.3) is 0 Å². The van der Waals surface area contributed by atoms with E-state index in [1.54, 1.807) is 17.3 Å². The Morgan fingerprint density at radius 1 is 1.14 bits per heavy atom. The zero-order valence-electron chi connectivity index (χ0n) is 13.0. The lowest BCUT2D eigenvalue weighted by Gasteiger charge is -2.36. The van der Waals surface area contributed by atoms with Crippen molar-refractivity contribution < 1.29 is 14.3 Å². The number of piperazine rings is 1. The molecule has 21 heavy (non-hydrogen) atoms. The fraction of sp³-hybridized carbons (Fsp3) is 0.643. The zero-order valence-corrected chi connectivity index (χ0v) is 13.0. The van der Waals surface area contributed by atoms with Crippen molar-refractivity contribution in [2.24, 2.45) is 0 Å². The monoisotopic (exact) mass is 294 g/mol. The lowest BCUT2D eigenvalue weighted by molar-refractivity contribution is 0.0240. The molecule has 1 saturated heterocycles. The van der Waals surface area contributed by atoms with Crippen molar-refractivity contribution in [3.05, 3.63) is 12.4 Å². The topological polar surface area (TPSA) is 67.8 Å². The number of hydrogen-bond acceptors (Lipinski definition) is 6. The molecule has 1 amide bonds. The van der Waals surface area contributed by atoms with Gasteiger partial charge >= 0.3 is 12.1 Å². The number of nitrogens with zero attached hydrogens (tertiary/aromatic N) is 4. The van der Waals surface area contributed by atoms with Crippen LogP contribution in [0.2, 0.25) is 0 Å². The van der Waals surface area contributed by atoms with Crippen LogP contribution in [0.15, 0.2) is 12.4 Å². The number of aromatic nitrogens is 2. The fourth-order valence-electron chi connectivity index (χ4n) is 2.05. The van der Waals surface area contributed by atoms with E-state index in [1.807, 2.05) is 20.8 Å². The number of ether oxygens (including phenoxy) is 2. The van der Waals surface area contributed by atoms with E-state index in [0.29, 0.717) is 19.1 Å². The van der Waals surface area contributed by atoms with Crippen LogP contribution in [0.4, 0.5) is 10.5 Å². The zero-order chi connectivity index (χ0) is 15.5. The van der Waals surface area contributed by atoms with E-state index in [1.165, 1.54) is 7.11 Å². The van der Waals surface area contributed by atoms with E-state index in [-0.39, 0.29) is 6.09 Å². The third-order valence-electron chi connectivity index (χ3n) is 3.09. The van der Waals surface area contributed by atoms with Crippen molar-refractivity contribution in [2.45, 2.75) is 26.4 Å². The largest absolute Gasteiger partial charge is 0.467 e. The average Bonchev–Trinajstić information content (AvgIpc) is 2.46. The molecule has 0 N–H and O–H groups in total. The molecule has 2 rings (SSSR count). The molecule has 7 nitrogen and oxygen atoms in total. The highest BCUT2D eigenvalue weighted by molar-refractivity contribution is 5.68. The Balaban J connectivity index is 1.89. The molecule has 0 saturated carbocycles. The van der Waals surface area contributed by atoms with Gasteiger partial charge in [0.25, 0.3) is 0 Å². The minimum absolute atomic E-state index is 0.256. The SMILES string of the molecule is COc1ncc(N2CCN(C(=O)OC(C)(C)C)CC2)cn1. The summed E-state index contributed by atoms with van der Waals surface area (Å²) in [5.41, 5.74) is 0.470. The first-order valence-electron chi connectivity index (χ1n) is 6.98. The van der Waals surface area contributed by atoms with Crippen molar-refractivity contribution >= 4 is 11.8 Å². The maximum absolute atomic E-state index is 12.0. The summed E-state index contributed by atoms with van der Waals surface area (Å²) in [6, 6.07) is 0.353. The van der Waals surface area contributed by atoms with Crippen molar-refractivity contribution in [3.8, 4) is 6.01 Å². The van der Waals surface area contributed by atoms with Crippen LogP contribution in [0.1, 0.15) is 20.8 Å². The smallest absolute Gasteiger partial charge is 0.410 e. The molecular formula is C14H22N4O3. The molecule has 1 aromatic heterocycles. The molecule has 0 bridgehead atoms. The first-order chi connectivity index (χ1) is 9.89. The van der Waals surface area contributed by atoms with Gasteiger partial charge < -0.3 is 19.3 Å². The summed E-state index contributed by atoms with van der Waals surface area (Å²) in [6.07, 6.45) is 3.21. The Bertz CT molecular complexity index is 476. The van der Waals surface area contributed by atoms with Crippen molar-refractivity contribution in [1.82, 2.24) is 14.9 Å². The normalized spacial score (nSPS) is 15.8. The second-order valence-electron chi connectivity index (χ2n) is 5.88. The van der Waals surface area contributed by atoms with E-state index in [9.17, 15) is 4.79 Å². The van der Waals surface area contributed by atoms with E-state index < -0.39 is 5.60 Å². The third kappa shape index (κ3) is 4.21. The molecule has 0 unspecified atom stereocenters. The standard InChI is InChI=1S/C14H22N4O3/c1-14(2,3)21-13(19)18-7-5-17(6-8-18)11-9-15-12(20-4)16-10-11/h9-10H,5-8H2,1-4H3. The van der Waals surface area contributed by atoms with Gasteiger partial charge in [0.2, 0.25) is 0 Å². The predicted molar refractivity (Wildman–Crippen MR) is 78.6 cm³/mol. The van der Waals surface area contributed by atoms with Gasteiger partial charge in [-0.2, -0.15) is 0 Å². The van der Waals surface area contributed by atoms with Crippen molar-refractivity contribution in [2.75, 3.05) is 38.2 Å². The van der Waals surface area contributed by atoms with Gasteiger partial charge in [-0.3, -0.25) is 0 Å². The van der Waals surface area contributed by atoms with Gasteiger partial charge in [-0.25, -0.2) is 14.8 Å². The Kier molecular flexibility index (Phi) is 4.50. The number of rotatable bonds is 2. The van der Waals surface area contributed by atoms with Crippen LogP contribution in [0, 0.1) is 0 Å². The third-order valence-corrected chi connectivity index (χ3v) is 3.09. The van der Waals surface area contributed by atoms with Gasteiger partial charge in [-0.15, -0.1) is 0 Å². The summed E-state index contributed by atoms with van der Waals surface area (Å²) in [6.45, 7) is 8.33. The fourth-order valence-corrected chi connectivity index (χ4v) is 2.05. The first kappa shape index (κ1) is 15.3. The summed E-state index contributed by atoms with van der Waals surface area (Å²) in [5, 5.41) is 0. The molecule has 0 aliphatic carbocycles. The minimum atomic E-state index is -0.460. The second kappa shape index (κ2) is 6.15. The summed E-state index contributed by atoms with van der Waals surface area (Å²) in [7, 11) is 1.54. The lowest BCUT2D eigenvalue weighted by Crippen LogP contribution is -2.50. The Labute approximate surface area is 124 Å². The van der Waals surface area contributed by atoms with Crippen LogP contribution >= 0.6 is 0 Å². The minimum Gasteiger partial charge on any atom is -0.467 e. The first-order valence-corrected chi connectivity index (χ1v) is 6.98. The van der Waals surface area contributed by atoms with Gasteiger partial charge in [0, 0.05) is 26.2 Å². The number of hydrogen-bond donors (Lipinski definition) is 0. The van der Waals surface area contributed by atoms with Crippen LogP contribution in [0.5, 0.6) is 6.01 Å². The van der Waals surface area contributed by atoms with Gasteiger partial charge in [0.1, 0.15) is 5.60 Å². The molecule has 1 fully saturated rings. The number of amides is 1. The second-order valence-corrected chi connectivity index (χ2v) is 5.88. The highest BCUT2D eigenvalue weighted by Gasteiger charge is 2.26. The van der Waals surface area contributed by atoms with E-state index in [0.717, 1.165) is 18.8 Å². The van der Waals surface area contributed by atoms with E-state index >= 15 is 0 Å². The van der Waals surface area contributed by atoms with Gasteiger partial charge in [-0.05, 0) is 20.8 Å². The van der Waals surface area contributed by atoms with E-state index in [4.69, 9.17) is 9.47 Å². The Morgan fingerprint density at radius 3 is 2.19 bits per heavy atom. The summed E-state index contributed by atoms with van der Waals surface area (Å²) < 4.78 is 10.3. The van der Waals surface area contributed by atoms with Crippen LogP contribution in [-0.4, -0.2) is 59.9 Å². The summed E-state index contributed by atoms with van der Waals surface area (Å²) >= 11 is 0. The van der Waals surface area contributed by atoms with Crippen molar-refractivity contribution in [1.29, 1.82) is 0 Å². The number of carbonyl (C=O) groups is 1. The molecule has 1 aliphatic rings. The Hall–Kier alpha value is -2.05. The maximum atomic E-state index is 12.0. The molecule has 116 valence electrons. The molecule has 0 aromatic carbocycles. The number of methoxy groups -OCH3 is 1. The van der Waals surface area contributed by atoms with Crippen LogP contribution in [0.3, 0.4) is 0 Å². The predicted octanol–water partition coefficient (Wildman–Crippen LogP) is 1.54. The molecule has 1 aliphatic heterocycles. The van der Waals surface area contributed by atoms with Crippen molar-refractivity contribution in [3.63, 3.8) is 0 Å². The van der Waals surface area contributed by atoms with Gasteiger partial charge in [0.05, 0.1) is 25.2 Å². The van der Waals surface area contributed by atoms with Gasteiger partial charge in [0.15, 0.2) is 0 Å². The molecule has 0 atom stereocenters.